The molecule has 2 heteroatoms. The monoisotopic (exact) mass is 199 g/mol. The zero-order valence-corrected chi connectivity index (χ0v) is 10.2. The molecule has 0 amide bonds. The van der Waals surface area contributed by atoms with Crippen molar-refractivity contribution >= 4 is 0 Å². The van der Waals surface area contributed by atoms with Gasteiger partial charge in [0, 0.05) is 25.1 Å². The summed E-state index contributed by atoms with van der Waals surface area (Å²) in [6.45, 7) is 10.2. The van der Waals surface area contributed by atoms with Crippen LogP contribution in [0.15, 0.2) is 0 Å². The van der Waals surface area contributed by atoms with Crippen LogP contribution in [0, 0.1) is 5.41 Å². The Balaban J connectivity index is 2.39. The largest absolute Gasteiger partial charge is 0.384 e. The van der Waals surface area contributed by atoms with Crippen molar-refractivity contribution in [3.05, 3.63) is 0 Å². The van der Waals surface area contributed by atoms with Crippen molar-refractivity contribution in [3.63, 3.8) is 0 Å². The molecule has 1 fully saturated rings. The molecule has 2 nitrogen and oxygen atoms in total. The Hall–Kier alpha value is -0.0800. The maximum absolute atomic E-state index is 5.30. The zero-order chi connectivity index (χ0) is 10.6. The molecule has 0 radical (unpaired) electrons. The molecule has 1 saturated carbocycles. The van der Waals surface area contributed by atoms with Gasteiger partial charge in [-0.2, -0.15) is 0 Å². The number of hydrogen-bond donors (Lipinski definition) is 0. The van der Waals surface area contributed by atoms with Gasteiger partial charge in [-0.15, -0.1) is 0 Å². The molecule has 84 valence electrons. The minimum Gasteiger partial charge on any atom is -0.384 e. The average molecular weight is 199 g/mol. The average Bonchev–Trinajstić information content (AvgIpc) is 2.94. The van der Waals surface area contributed by atoms with Crippen LogP contribution in [0.2, 0.25) is 0 Å². The van der Waals surface area contributed by atoms with E-state index in [0.717, 1.165) is 6.61 Å². The summed E-state index contributed by atoms with van der Waals surface area (Å²) in [7, 11) is 1.82. The van der Waals surface area contributed by atoms with Gasteiger partial charge in [-0.25, -0.2) is 0 Å². The Bertz CT molecular complexity index is 166. The van der Waals surface area contributed by atoms with Crippen LogP contribution < -0.4 is 0 Å². The SMILES string of the molecule is CCC(C)N(CC)CC1(COC)CC1. The highest BCUT2D eigenvalue weighted by Crippen LogP contribution is 2.46. The predicted octanol–water partition coefficient (Wildman–Crippen LogP) is 2.53. The highest BCUT2D eigenvalue weighted by molar-refractivity contribution is 4.96. The number of nitrogens with zero attached hydrogens (tertiary/aromatic N) is 1. The van der Waals surface area contributed by atoms with Crippen LogP contribution in [-0.2, 0) is 4.74 Å². The van der Waals surface area contributed by atoms with Gasteiger partial charge in [0.2, 0.25) is 0 Å². The zero-order valence-electron chi connectivity index (χ0n) is 10.2. The quantitative estimate of drug-likeness (QED) is 0.625. The molecule has 0 saturated heterocycles. The summed E-state index contributed by atoms with van der Waals surface area (Å²) in [5.41, 5.74) is 0.508. The van der Waals surface area contributed by atoms with Gasteiger partial charge in [0.1, 0.15) is 0 Å². The molecule has 1 aliphatic carbocycles. The first-order valence-electron chi connectivity index (χ1n) is 5.90. The van der Waals surface area contributed by atoms with Gasteiger partial charge in [-0.3, -0.25) is 0 Å². The van der Waals surface area contributed by atoms with Crippen LogP contribution in [0.5, 0.6) is 0 Å². The van der Waals surface area contributed by atoms with Gasteiger partial charge in [0.15, 0.2) is 0 Å². The maximum Gasteiger partial charge on any atom is 0.0530 e. The summed E-state index contributed by atoms with van der Waals surface area (Å²) in [5, 5.41) is 0. The summed E-state index contributed by atoms with van der Waals surface area (Å²) in [4.78, 5) is 2.59. The van der Waals surface area contributed by atoms with Crippen LogP contribution >= 0.6 is 0 Å². The van der Waals surface area contributed by atoms with E-state index >= 15 is 0 Å². The Morgan fingerprint density at radius 2 is 2.00 bits per heavy atom. The molecular formula is C12H25NO. The van der Waals surface area contributed by atoms with Crippen LogP contribution in [-0.4, -0.2) is 37.7 Å². The molecule has 0 heterocycles. The third-order valence-corrected chi connectivity index (χ3v) is 3.57. The molecule has 0 N–H and O–H groups in total. The van der Waals surface area contributed by atoms with Crippen LogP contribution in [0.25, 0.3) is 0 Å². The van der Waals surface area contributed by atoms with Gasteiger partial charge >= 0.3 is 0 Å². The normalized spacial score (nSPS) is 21.2. The van der Waals surface area contributed by atoms with E-state index in [1.54, 1.807) is 0 Å². The fourth-order valence-electron chi connectivity index (χ4n) is 2.10. The minimum atomic E-state index is 0.508. The van der Waals surface area contributed by atoms with Crippen LogP contribution in [0.1, 0.15) is 40.0 Å². The van der Waals surface area contributed by atoms with Gasteiger partial charge < -0.3 is 9.64 Å². The molecule has 1 aliphatic rings. The van der Waals surface area contributed by atoms with Crippen molar-refractivity contribution in [3.8, 4) is 0 Å². The van der Waals surface area contributed by atoms with Gasteiger partial charge in [-0.05, 0) is 32.7 Å². The van der Waals surface area contributed by atoms with E-state index in [1.807, 2.05) is 7.11 Å². The molecule has 14 heavy (non-hydrogen) atoms. The lowest BCUT2D eigenvalue weighted by Gasteiger charge is -2.30. The van der Waals surface area contributed by atoms with E-state index in [0.29, 0.717) is 11.5 Å². The van der Waals surface area contributed by atoms with Gasteiger partial charge in [0.25, 0.3) is 0 Å². The van der Waals surface area contributed by atoms with E-state index in [4.69, 9.17) is 4.74 Å². The lowest BCUT2D eigenvalue weighted by molar-refractivity contribution is 0.0942. The topological polar surface area (TPSA) is 12.5 Å². The standard InChI is InChI=1S/C12H25NO/c1-5-11(3)13(6-2)9-12(7-8-12)10-14-4/h11H,5-10H2,1-4H3. The Morgan fingerprint density at radius 1 is 1.36 bits per heavy atom. The summed E-state index contributed by atoms with van der Waals surface area (Å²) in [5.74, 6) is 0. The van der Waals surface area contributed by atoms with Crippen molar-refractivity contribution < 1.29 is 4.74 Å². The molecule has 1 rings (SSSR count). The number of rotatable bonds is 7. The molecule has 1 atom stereocenters. The summed E-state index contributed by atoms with van der Waals surface area (Å²) in [6, 6.07) is 0.717. The molecule has 0 aliphatic heterocycles. The molecule has 0 aromatic rings. The minimum absolute atomic E-state index is 0.508. The first kappa shape index (κ1) is 12.0. The Morgan fingerprint density at radius 3 is 2.36 bits per heavy atom. The summed E-state index contributed by atoms with van der Waals surface area (Å²) < 4.78 is 5.30. The molecule has 0 bridgehead atoms. The fraction of sp³-hybridized carbons (Fsp3) is 1.00. The van der Waals surface area contributed by atoms with Crippen molar-refractivity contribution in [1.82, 2.24) is 4.90 Å². The predicted molar refractivity (Wildman–Crippen MR) is 60.5 cm³/mol. The second kappa shape index (κ2) is 5.13. The summed E-state index contributed by atoms with van der Waals surface area (Å²) in [6.07, 6.45) is 3.96. The van der Waals surface area contributed by atoms with E-state index in [1.165, 1.54) is 32.4 Å². The van der Waals surface area contributed by atoms with Crippen molar-refractivity contribution in [2.45, 2.75) is 46.1 Å². The van der Waals surface area contributed by atoms with E-state index in [9.17, 15) is 0 Å². The van der Waals surface area contributed by atoms with Crippen LogP contribution in [0.4, 0.5) is 0 Å². The maximum atomic E-state index is 5.30. The third-order valence-electron chi connectivity index (χ3n) is 3.57. The molecular weight excluding hydrogens is 174 g/mol. The molecule has 0 aromatic carbocycles. The number of methoxy groups -OCH3 is 1. The van der Waals surface area contributed by atoms with E-state index in [-0.39, 0.29) is 0 Å². The first-order chi connectivity index (χ1) is 6.67. The van der Waals surface area contributed by atoms with Crippen LogP contribution in [0.3, 0.4) is 0 Å². The highest BCUT2D eigenvalue weighted by atomic mass is 16.5. The van der Waals surface area contributed by atoms with E-state index in [2.05, 4.69) is 25.7 Å². The van der Waals surface area contributed by atoms with Gasteiger partial charge in [0.05, 0.1) is 6.61 Å². The lowest BCUT2D eigenvalue weighted by Crippen LogP contribution is -2.38. The molecule has 1 unspecified atom stereocenters. The molecule has 0 spiro atoms. The Labute approximate surface area is 88.6 Å². The van der Waals surface area contributed by atoms with Crippen molar-refractivity contribution in [2.24, 2.45) is 5.41 Å². The second-order valence-electron chi connectivity index (χ2n) is 4.75. The fourth-order valence-corrected chi connectivity index (χ4v) is 2.10. The Kier molecular flexibility index (Phi) is 4.39. The van der Waals surface area contributed by atoms with E-state index < -0.39 is 0 Å². The summed E-state index contributed by atoms with van der Waals surface area (Å²) >= 11 is 0. The smallest absolute Gasteiger partial charge is 0.0530 e. The lowest BCUT2D eigenvalue weighted by atomic mass is 10.1. The van der Waals surface area contributed by atoms with Crippen molar-refractivity contribution in [2.75, 3.05) is 26.8 Å². The highest BCUT2D eigenvalue weighted by Gasteiger charge is 2.44. The van der Waals surface area contributed by atoms with Gasteiger partial charge in [-0.1, -0.05) is 13.8 Å². The second-order valence-corrected chi connectivity index (χ2v) is 4.75. The molecule has 0 aromatic heterocycles. The number of ether oxygens (including phenoxy) is 1. The number of hydrogen-bond acceptors (Lipinski definition) is 2. The van der Waals surface area contributed by atoms with Crippen molar-refractivity contribution in [1.29, 1.82) is 0 Å². The third kappa shape index (κ3) is 2.96. The first-order valence-corrected chi connectivity index (χ1v) is 5.90.